The van der Waals surface area contributed by atoms with Gasteiger partial charge in [-0.3, -0.25) is 9.69 Å². The molecular formula is C24H25F2N3O2. The lowest BCUT2D eigenvalue weighted by molar-refractivity contribution is 0.126. The van der Waals surface area contributed by atoms with Crippen LogP contribution in [0.5, 0.6) is 5.75 Å². The molecule has 0 saturated carbocycles. The average Bonchev–Trinajstić information content (AvgIpc) is 2.73. The number of H-pyrrole nitrogens is 1. The summed E-state index contributed by atoms with van der Waals surface area (Å²) in [4.78, 5) is 19.6. The van der Waals surface area contributed by atoms with Crippen LogP contribution < -0.4 is 15.2 Å². The van der Waals surface area contributed by atoms with E-state index >= 15 is 0 Å². The Labute approximate surface area is 179 Å². The Morgan fingerprint density at radius 2 is 2.03 bits per heavy atom. The van der Waals surface area contributed by atoms with Crippen LogP contribution in [0.15, 0.2) is 41.2 Å². The lowest BCUT2D eigenvalue weighted by Gasteiger charge is -2.43. The highest BCUT2D eigenvalue weighted by Crippen LogP contribution is 2.31. The Morgan fingerprint density at radius 3 is 2.84 bits per heavy atom. The molecule has 3 aromatic rings. The molecule has 3 heterocycles. The molecule has 1 atom stereocenters. The molecule has 0 bridgehead atoms. The van der Waals surface area contributed by atoms with E-state index in [0.29, 0.717) is 38.3 Å². The lowest BCUT2D eigenvalue weighted by atomic mass is 10.0. The minimum absolute atomic E-state index is 0.0467. The van der Waals surface area contributed by atoms with Crippen LogP contribution in [-0.2, 0) is 13.0 Å². The first-order valence-electron chi connectivity index (χ1n) is 10.8. The van der Waals surface area contributed by atoms with Gasteiger partial charge in [-0.25, -0.2) is 8.78 Å². The second-order valence-corrected chi connectivity index (χ2v) is 8.33. The standard InChI is InChI=1S/C24H25F2N3O2/c1-2-15-9-16-11-23-17(10-21(16)27-24(15)30)13-28-6-7-29(14-19(28)5-8-31-23)22-4-3-18(25)12-20(22)26/h3-4,9-12,19H,2,5-8,13-14H2,1H3,(H,27,30). The smallest absolute Gasteiger partial charge is 0.251 e. The first-order valence-corrected chi connectivity index (χ1v) is 10.8. The first kappa shape index (κ1) is 20.0. The summed E-state index contributed by atoms with van der Waals surface area (Å²) >= 11 is 0. The molecule has 1 aromatic heterocycles. The van der Waals surface area contributed by atoms with Crippen molar-refractivity contribution >= 4 is 16.6 Å². The fourth-order valence-electron chi connectivity index (χ4n) is 4.70. The number of halogens is 2. The third-order valence-electron chi connectivity index (χ3n) is 6.42. The van der Waals surface area contributed by atoms with Gasteiger partial charge in [-0.05, 0) is 43.2 Å². The van der Waals surface area contributed by atoms with Gasteiger partial charge in [0.05, 0.1) is 12.3 Å². The zero-order chi connectivity index (χ0) is 21.5. The Morgan fingerprint density at radius 1 is 1.16 bits per heavy atom. The van der Waals surface area contributed by atoms with Gasteiger partial charge in [-0.1, -0.05) is 6.92 Å². The van der Waals surface area contributed by atoms with Crippen molar-refractivity contribution in [2.75, 3.05) is 31.1 Å². The molecule has 7 heteroatoms. The van der Waals surface area contributed by atoms with Crippen LogP contribution in [0.2, 0.25) is 0 Å². The Kier molecular flexibility index (Phi) is 5.14. The number of anilines is 1. The van der Waals surface area contributed by atoms with Crippen LogP contribution in [0.1, 0.15) is 24.5 Å². The maximum Gasteiger partial charge on any atom is 0.251 e. The van der Waals surface area contributed by atoms with Gasteiger partial charge in [0.25, 0.3) is 5.56 Å². The molecule has 162 valence electrons. The molecule has 31 heavy (non-hydrogen) atoms. The molecule has 0 radical (unpaired) electrons. The summed E-state index contributed by atoms with van der Waals surface area (Å²) in [5.41, 5.74) is 3.02. The van der Waals surface area contributed by atoms with E-state index in [9.17, 15) is 13.6 Å². The minimum atomic E-state index is -0.563. The number of aromatic amines is 1. The second kappa shape index (κ2) is 7.96. The summed E-state index contributed by atoms with van der Waals surface area (Å²) in [6.07, 6.45) is 1.51. The SMILES string of the molecule is CCc1cc2cc3c(cc2[nH]c1=O)CN1CCN(c2ccc(F)cc2F)CC1CCO3. The molecule has 5 rings (SSSR count). The van der Waals surface area contributed by atoms with Crippen LogP contribution in [0, 0.1) is 11.6 Å². The lowest BCUT2D eigenvalue weighted by Crippen LogP contribution is -2.53. The van der Waals surface area contributed by atoms with Gasteiger partial charge in [0.2, 0.25) is 0 Å². The number of benzene rings is 2. The Hall–Kier alpha value is -2.93. The van der Waals surface area contributed by atoms with Crippen LogP contribution in [0.4, 0.5) is 14.5 Å². The third-order valence-corrected chi connectivity index (χ3v) is 6.42. The van der Waals surface area contributed by atoms with Gasteiger partial charge in [0.15, 0.2) is 0 Å². The largest absolute Gasteiger partial charge is 0.493 e. The van der Waals surface area contributed by atoms with Gasteiger partial charge < -0.3 is 14.6 Å². The van der Waals surface area contributed by atoms with Crippen molar-refractivity contribution < 1.29 is 13.5 Å². The summed E-state index contributed by atoms with van der Waals surface area (Å²) in [7, 11) is 0. The molecule has 1 fully saturated rings. The van der Waals surface area contributed by atoms with Crippen molar-refractivity contribution in [3.63, 3.8) is 0 Å². The highest BCUT2D eigenvalue weighted by molar-refractivity contribution is 5.82. The molecule has 1 unspecified atom stereocenters. The predicted molar refractivity (Wildman–Crippen MR) is 117 cm³/mol. The van der Waals surface area contributed by atoms with Crippen LogP contribution in [0.25, 0.3) is 10.9 Å². The van der Waals surface area contributed by atoms with Crippen molar-refractivity contribution in [2.24, 2.45) is 0 Å². The Balaban J connectivity index is 1.42. The molecule has 2 aromatic carbocycles. The summed E-state index contributed by atoms with van der Waals surface area (Å²) in [5, 5.41) is 0.976. The van der Waals surface area contributed by atoms with E-state index in [0.717, 1.165) is 46.8 Å². The van der Waals surface area contributed by atoms with E-state index in [4.69, 9.17) is 4.74 Å². The molecule has 0 spiro atoms. The molecule has 1 N–H and O–H groups in total. The number of hydrogen-bond donors (Lipinski definition) is 1. The predicted octanol–water partition coefficient (Wildman–Crippen LogP) is 3.84. The second-order valence-electron chi connectivity index (χ2n) is 8.33. The van der Waals surface area contributed by atoms with Crippen molar-refractivity contribution in [3.05, 3.63) is 69.5 Å². The molecule has 2 aliphatic heterocycles. The first-order chi connectivity index (χ1) is 15.0. The normalized spacial score (nSPS) is 19.3. The number of piperazine rings is 1. The molecule has 5 nitrogen and oxygen atoms in total. The number of nitrogens with one attached hydrogen (secondary N) is 1. The Bertz CT molecular complexity index is 1190. The average molecular weight is 425 g/mol. The molecule has 1 saturated heterocycles. The fourth-order valence-corrected chi connectivity index (χ4v) is 4.70. The molecular weight excluding hydrogens is 400 g/mol. The van der Waals surface area contributed by atoms with Gasteiger partial charge in [-0.2, -0.15) is 0 Å². The maximum atomic E-state index is 14.3. The number of ether oxygens (including phenoxy) is 1. The van der Waals surface area contributed by atoms with Crippen molar-refractivity contribution in [3.8, 4) is 5.75 Å². The summed E-state index contributed by atoms with van der Waals surface area (Å²) in [6, 6.07) is 9.93. The maximum absolute atomic E-state index is 14.3. The number of aromatic nitrogens is 1. The summed E-state index contributed by atoms with van der Waals surface area (Å²) < 4.78 is 33.7. The summed E-state index contributed by atoms with van der Waals surface area (Å²) in [5.74, 6) is -0.234. The number of hydrogen-bond acceptors (Lipinski definition) is 4. The van der Waals surface area contributed by atoms with E-state index in [1.807, 2.05) is 30.0 Å². The van der Waals surface area contributed by atoms with E-state index in [1.54, 1.807) is 0 Å². The summed E-state index contributed by atoms with van der Waals surface area (Å²) in [6.45, 7) is 5.32. The number of pyridine rings is 1. The minimum Gasteiger partial charge on any atom is -0.493 e. The molecule has 0 aliphatic carbocycles. The van der Waals surface area contributed by atoms with Gasteiger partial charge >= 0.3 is 0 Å². The van der Waals surface area contributed by atoms with Crippen molar-refractivity contribution in [1.82, 2.24) is 9.88 Å². The quantitative estimate of drug-likeness (QED) is 0.678. The van der Waals surface area contributed by atoms with E-state index in [2.05, 4.69) is 9.88 Å². The van der Waals surface area contributed by atoms with Gasteiger partial charge in [0.1, 0.15) is 17.4 Å². The number of fused-ring (bicyclic) bond motifs is 3. The monoisotopic (exact) mass is 425 g/mol. The van der Waals surface area contributed by atoms with Crippen LogP contribution in [-0.4, -0.2) is 42.2 Å². The molecule has 2 aliphatic rings. The third kappa shape index (κ3) is 3.78. The van der Waals surface area contributed by atoms with E-state index < -0.39 is 11.6 Å². The van der Waals surface area contributed by atoms with E-state index in [1.165, 1.54) is 12.1 Å². The number of rotatable bonds is 2. The zero-order valence-corrected chi connectivity index (χ0v) is 17.5. The van der Waals surface area contributed by atoms with Gasteiger partial charge in [-0.15, -0.1) is 0 Å². The molecule has 0 amide bonds. The number of nitrogens with zero attached hydrogens (tertiary/aromatic N) is 2. The van der Waals surface area contributed by atoms with Gasteiger partial charge in [0, 0.05) is 60.3 Å². The van der Waals surface area contributed by atoms with E-state index in [-0.39, 0.29) is 11.6 Å². The zero-order valence-electron chi connectivity index (χ0n) is 17.5. The number of aryl methyl sites for hydroxylation is 1. The highest BCUT2D eigenvalue weighted by Gasteiger charge is 2.30. The van der Waals surface area contributed by atoms with Crippen molar-refractivity contribution in [2.45, 2.75) is 32.4 Å². The highest BCUT2D eigenvalue weighted by atomic mass is 19.1. The van der Waals surface area contributed by atoms with Crippen LogP contribution >= 0.6 is 0 Å². The van der Waals surface area contributed by atoms with Crippen molar-refractivity contribution in [1.29, 1.82) is 0 Å². The topological polar surface area (TPSA) is 48.6 Å². The fraction of sp³-hybridized carbons (Fsp3) is 0.375. The van der Waals surface area contributed by atoms with Crippen LogP contribution in [0.3, 0.4) is 0 Å².